The highest BCUT2D eigenvalue weighted by atomic mass is 16.6. The van der Waals surface area contributed by atoms with Crippen molar-refractivity contribution >= 4 is 6.09 Å². The second kappa shape index (κ2) is 3.91. The summed E-state index contributed by atoms with van der Waals surface area (Å²) in [4.78, 5) is 13.8. The van der Waals surface area contributed by atoms with E-state index in [2.05, 4.69) is 0 Å². The Morgan fingerprint density at radius 1 is 1.25 bits per heavy atom. The molecule has 0 aliphatic carbocycles. The van der Waals surface area contributed by atoms with Gasteiger partial charge < -0.3 is 9.84 Å². The SMILES string of the molecule is CC(C)(C)OC(=O)N1[C@@H]2CC[C@H](O)[C@@H]1CC2. The van der Waals surface area contributed by atoms with Gasteiger partial charge in [-0.15, -0.1) is 0 Å². The van der Waals surface area contributed by atoms with E-state index in [9.17, 15) is 9.90 Å². The first-order valence-electron chi connectivity index (χ1n) is 6.08. The molecule has 0 unspecified atom stereocenters. The lowest BCUT2D eigenvalue weighted by atomic mass is 10.0. The molecular weight excluding hydrogens is 206 g/mol. The molecule has 0 aromatic heterocycles. The number of carbonyl (C=O) groups excluding carboxylic acids is 1. The molecule has 2 aliphatic rings. The van der Waals surface area contributed by atoms with Gasteiger partial charge in [-0.05, 0) is 46.5 Å². The lowest BCUT2D eigenvalue weighted by Crippen LogP contribution is -2.51. The summed E-state index contributed by atoms with van der Waals surface area (Å²) in [6.45, 7) is 5.60. The fraction of sp³-hybridized carbons (Fsp3) is 0.917. The summed E-state index contributed by atoms with van der Waals surface area (Å²) in [5.74, 6) is 0. The summed E-state index contributed by atoms with van der Waals surface area (Å²) in [7, 11) is 0. The summed E-state index contributed by atoms with van der Waals surface area (Å²) in [6, 6.07) is 0.261. The molecule has 16 heavy (non-hydrogen) atoms. The Bertz CT molecular complexity index is 284. The van der Waals surface area contributed by atoms with Gasteiger partial charge in [0.1, 0.15) is 5.60 Å². The van der Waals surface area contributed by atoms with Crippen molar-refractivity contribution in [2.75, 3.05) is 0 Å². The van der Waals surface area contributed by atoms with Gasteiger partial charge in [-0.25, -0.2) is 4.79 Å². The van der Waals surface area contributed by atoms with Crippen molar-refractivity contribution in [2.24, 2.45) is 0 Å². The maximum absolute atomic E-state index is 12.0. The molecule has 0 aromatic carbocycles. The van der Waals surface area contributed by atoms with E-state index in [1.54, 1.807) is 4.90 Å². The predicted molar refractivity (Wildman–Crippen MR) is 60.1 cm³/mol. The predicted octanol–water partition coefficient (Wildman–Crippen LogP) is 1.91. The van der Waals surface area contributed by atoms with Crippen molar-refractivity contribution in [2.45, 2.75) is 70.2 Å². The van der Waals surface area contributed by atoms with E-state index in [4.69, 9.17) is 4.74 Å². The van der Waals surface area contributed by atoms with Crippen LogP contribution in [0.15, 0.2) is 0 Å². The van der Waals surface area contributed by atoms with Gasteiger partial charge in [0, 0.05) is 6.04 Å². The van der Waals surface area contributed by atoms with Crippen LogP contribution < -0.4 is 0 Å². The summed E-state index contributed by atoms with van der Waals surface area (Å²) in [6.07, 6.45) is 2.99. The first kappa shape index (κ1) is 11.7. The number of piperidine rings is 1. The molecule has 3 atom stereocenters. The molecule has 1 N–H and O–H groups in total. The molecule has 2 aliphatic heterocycles. The lowest BCUT2D eigenvalue weighted by Gasteiger charge is -2.38. The van der Waals surface area contributed by atoms with Crippen LogP contribution in [0.25, 0.3) is 0 Å². The van der Waals surface area contributed by atoms with E-state index in [-0.39, 0.29) is 24.3 Å². The van der Waals surface area contributed by atoms with E-state index in [0.29, 0.717) is 0 Å². The van der Waals surface area contributed by atoms with Crippen LogP contribution in [-0.4, -0.2) is 39.9 Å². The summed E-state index contributed by atoms with van der Waals surface area (Å²) >= 11 is 0. The van der Waals surface area contributed by atoms with Crippen molar-refractivity contribution in [3.63, 3.8) is 0 Å². The van der Waals surface area contributed by atoms with Gasteiger partial charge in [0.15, 0.2) is 0 Å². The second-order valence-electron chi connectivity index (χ2n) is 5.83. The first-order valence-corrected chi connectivity index (χ1v) is 6.08. The Kier molecular flexibility index (Phi) is 2.86. The minimum atomic E-state index is -0.459. The van der Waals surface area contributed by atoms with Gasteiger partial charge in [0.25, 0.3) is 0 Å². The van der Waals surface area contributed by atoms with Crippen LogP contribution in [0.2, 0.25) is 0 Å². The minimum absolute atomic E-state index is 0.0198. The molecule has 2 saturated heterocycles. The normalized spacial score (nSPS) is 34.0. The van der Waals surface area contributed by atoms with Crippen molar-refractivity contribution in [1.29, 1.82) is 0 Å². The third-order valence-electron chi connectivity index (χ3n) is 3.39. The molecule has 92 valence electrons. The standard InChI is InChI=1S/C12H21NO3/c1-12(2,3)16-11(15)13-8-4-6-9(13)10(14)7-5-8/h8-10,14H,4-7H2,1-3H3/t8-,9-,10-/m0/s1. The van der Waals surface area contributed by atoms with Crippen LogP contribution >= 0.6 is 0 Å². The zero-order chi connectivity index (χ0) is 11.9. The molecule has 0 radical (unpaired) electrons. The number of hydrogen-bond donors (Lipinski definition) is 1. The van der Waals surface area contributed by atoms with E-state index < -0.39 is 5.60 Å². The van der Waals surface area contributed by atoms with Crippen molar-refractivity contribution in [1.82, 2.24) is 4.90 Å². The highest BCUT2D eigenvalue weighted by Crippen LogP contribution is 2.36. The Balaban J connectivity index is 2.07. The van der Waals surface area contributed by atoms with Gasteiger partial charge in [0.05, 0.1) is 12.1 Å². The number of nitrogens with zero attached hydrogens (tertiary/aromatic N) is 1. The van der Waals surface area contributed by atoms with Crippen LogP contribution in [0.4, 0.5) is 4.79 Å². The van der Waals surface area contributed by atoms with Gasteiger partial charge in [-0.3, -0.25) is 4.90 Å². The smallest absolute Gasteiger partial charge is 0.410 e. The van der Waals surface area contributed by atoms with E-state index in [0.717, 1.165) is 25.7 Å². The number of carbonyl (C=O) groups is 1. The molecule has 2 bridgehead atoms. The van der Waals surface area contributed by atoms with Gasteiger partial charge >= 0.3 is 6.09 Å². The number of ether oxygens (including phenoxy) is 1. The van der Waals surface area contributed by atoms with E-state index in [1.807, 2.05) is 20.8 Å². The average Bonchev–Trinajstić information content (AvgIpc) is 2.46. The van der Waals surface area contributed by atoms with Gasteiger partial charge in [-0.2, -0.15) is 0 Å². The van der Waals surface area contributed by atoms with Crippen LogP contribution in [0, 0.1) is 0 Å². The van der Waals surface area contributed by atoms with Crippen LogP contribution in [-0.2, 0) is 4.74 Å². The van der Waals surface area contributed by atoms with E-state index in [1.165, 1.54) is 0 Å². The number of fused-ring (bicyclic) bond motifs is 2. The van der Waals surface area contributed by atoms with Crippen LogP contribution in [0.1, 0.15) is 46.5 Å². The van der Waals surface area contributed by atoms with Gasteiger partial charge in [0.2, 0.25) is 0 Å². The highest BCUT2D eigenvalue weighted by Gasteiger charge is 2.45. The molecule has 4 nitrogen and oxygen atoms in total. The van der Waals surface area contributed by atoms with Crippen molar-refractivity contribution < 1.29 is 14.6 Å². The molecule has 0 spiro atoms. The maximum atomic E-state index is 12.0. The largest absolute Gasteiger partial charge is 0.444 e. The second-order valence-corrected chi connectivity index (χ2v) is 5.83. The topological polar surface area (TPSA) is 49.8 Å². The van der Waals surface area contributed by atoms with Crippen LogP contribution in [0.5, 0.6) is 0 Å². The maximum Gasteiger partial charge on any atom is 0.410 e. The molecular formula is C12H21NO3. The van der Waals surface area contributed by atoms with Crippen molar-refractivity contribution in [3.8, 4) is 0 Å². The number of rotatable bonds is 0. The minimum Gasteiger partial charge on any atom is -0.444 e. The molecule has 1 amide bonds. The number of aliphatic hydroxyl groups excluding tert-OH is 1. The lowest BCUT2D eigenvalue weighted by molar-refractivity contribution is -0.0221. The van der Waals surface area contributed by atoms with Crippen molar-refractivity contribution in [3.05, 3.63) is 0 Å². The zero-order valence-electron chi connectivity index (χ0n) is 10.3. The quantitative estimate of drug-likeness (QED) is 0.687. The highest BCUT2D eigenvalue weighted by molar-refractivity contribution is 5.69. The fourth-order valence-electron chi connectivity index (χ4n) is 2.73. The average molecular weight is 227 g/mol. The molecule has 2 heterocycles. The van der Waals surface area contributed by atoms with Crippen LogP contribution in [0.3, 0.4) is 0 Å². The Labute approximate surface area is 96.6 Å². The Morgan fingerprint density at radius 2 is 1.88 bits per heavy atom. The summed E-state index contributed by atoms with van der Waals surface area (Å²) < 4.78 is 5.38. The summed E-state index contributed by atoms with van der Waals surface area (Å²) in [5.41, 5.74) is -0.459. The molecule has 0 aromatic rings. The Hall–Kier alpha value is -0.770. The molecule has 0 saturated carbocycles. The van der Waals surface area contributed by atoms with E-state index >= 15 is 0 Å². The Morgan fingerprint density at radius 3 is 2.50 bits per heavy atom. The fourth-order valence-corrected chi connectivity index (χ4v) is 2.73. The molecule has 2 fully saturated rings. The monoisotopic (exact) mass is 227 g/mol. The van der Waals surface area contributed by atoms with Gasteiger partial charge in [-0.1, -0.05) is 0 Å². The number of hydrogen-bond acceptors (Lipinski definition) is 3. The summed E-state index contributed by atoms with van der Waals surface area (Å²) in [5, 5.41) is 9.86. The molecule has 4 heteroatoms. The third-order valence-corrected chi connectivity index (χ3v) is 3.39. The third kappa shape index (κ3) is 2.17. The first-order chi connectivity index (χ1) is 7.38. The number of aliphatic hydroxyl groups is 1. The zero-order valence-corrected chi connectivity index (χ0v) is 10.3. The number of amides is 1. The molecule has 2 rings (SSSR count).